The molecule has 4 heteroatoms. The van der Waals surface area contributed by atoms with E-state index >= 15 is 0 Å². The van der Waals surface area contributed by atoms with Crippen LogP contribution in [-0.2, 0) is 13.2 Å². The Morgan fingerprint density at radius 1 is 1.44 bits per heavy atom. The van der Waals surface area contributed by atoms with Crippen LogP contribution in [0.1, 0.15) is 19.7 Å². The van der Waals surface area contributed by atoms with Gasteiger partial charge < -0.3 is 9.67 Å². The van der Waals surface area contributed by atoms with Crippen LogP contribution in [0.2, 0.25) is 0 Å². The van der Waals surface area contributed by atoms with Gasteiger partial charge in [0.15, 0.2) is 0 Å². The number of aliphatic hydroxyl groups is 1. The number of aromatic nitrogens is 2. The van der Waals surface area contributed by atoms with E-state index in [2.05, 4.69) is 39.3 Å². The highest BCUT2D eigenvalue weighted by atomic mass is 79.9. The largest absolute Gasteiger partial charge is 0.388 e. The van der Waals surface area contributed by atoms with E-state index in [0.29, 0.717) is 5.92 Å². The van der Waals surface area contributed by atoms with Gasteiger partial charge in [0.25, 0.3) is 0 Å². The van der Waals surface area contributed by atoms with Crippen LogP contribution >= 0.6 is 15.9 Å². The van der Waals surface area contributed by atoms with E-state index in [0.717, 1.165) is 27.9 Å². The first kappa shape index (κ1) is 11.6. The van der Waals surface area contributed by atoms with Crippen LogP contribution in [-0.4, -0.2) is 14.7 Å². The van der Waals surface area contributed by atoms with Crippen LogP contribution in [0.25, 0.3) is 11.0 Å². The van der Waals surface area contributed by atoms with Gasteiger partial charge in [-0.25, -0.2) is 4.98 Å². The second kappa shape index (κ2) is 4.55. The standard InChI is InChI=1S/C12H15BrN2O/c1-8(2)6-15-11-4-3-9(13)5-10(11)14-12(15)7-16/h3-5,8,16H,6-7H2,1-2H3. The topological polar surface area (TPSA) is 38.0 Å². The molecule has 0 bridgehead atoms. The molecule has 1 heterocycles. The van der Waals surface area contributed by atoms with Gasteiger partial charge in [-0.1, -0.05) is 29.8 Å². The van der Waals surface area contributed by atoms with E-state index in [1.807, 2.05) is 18.2 Å². The van der Waals surface area contributed by atoms with Crippen molar-refractivity contribution in [2.24, 2.45) is 5.92 Å². The molecule has 1 aromatic carbocycles. The summed E-state index contributed by atoms with van der Waals surface area (Å²) in [4.78, 5) is 4.43. The van der Waals surface area contributed by atoms with Crippen molar-refractivity contribution in [1.29, 1.82) is 0 Å². The van der Waals surface area contributed by atoms with Crippen molar-refractivity contribution in [2.75, 3.05) is 0 Å². The Hall–Kier alpha value is -0.870. The fraction of sp³-hybridized carbons (Fsp3) is 0.417. The number of benzene rings is 1. The molecule has 2 rings (SSSR count). The summed E-state index contributed by atoms with van der Waals surface area (Å²) in [5.41, 5.74) is 2.01. The van der Waals surface area contributed by atoms with Gasteiger partial charge in [0.05, 0.1) is 11.0 Å². The fourth-order valence-corrected chi connectivity index (χ4v) is 2.19. The lowest BCUT2D eigenvalue weighted by Crippen LogP contribution is -2.08. The zero-order valence-corrected chi connectivity index (χ0v) is 11.0. The Morgan fingerprint density at radius 2 is 2.19 bits per heavy atom. The minimum Gasteiger partial charge on any atom is -0.388 e. The summed E-state index contributed by atoms with van der Waals surface area (Å²) in [5.74, 6) is 1.27. The highest BCUT2D eigenvalue weighted by Gasteiger charge is 2.10. The third-order valence-corrected chi connectivity index (χ3v) is 2.97. The number of halogens is 1. The van der Waals surface area contributed by atoms with Crippen molar-refractivity contribution in [3.8, 4) is 0 Å². The minimum atomic E-state index is -0.0149. The van der Waals surface area contributed by atoms with Crippen molar-refractivity contribution >= 4 is 27.0 Å². The minimum absolute atomic E-state index is 0.0149. The second-order valence-electron chi connectivity index (χ2n) is 4.32. The molecule has 0 saturated heterocycles. The Morgan fingerprint density at radius 3 is 2.81 bits per heavy atom. The van der Waals surface area contributed by atoms with Crippen molar-refractivity contribution in [3.63, 3.8) is 0 Å². The van der Waals surface area contributed by atoms with Gasteiger partial charge >= 0.3 is 0 Å². The summed E-state index contributed by atoms with van der Waals surface area (Å²) >= 11 is 3.43. The number of aliphatic hydroxyl groups excluding tert-OH is 1. The normalized spacial score (nSPS) is 11.6. The second-order valence-corrected chi connectivity index (χ2v) is 5.24. The molecule has 3 nitrogen and oxygen atoms in total. The van der Waals surface area contributed by atoms with E-state index < -0.39 is 0 Å². The summed E-state index contributed by atoms with van der Waals surface area (Å²) in [6, 6.07) is 6.02. The van der Waals surface area contributed by atoms with Crippen molar-refractivity contribution in [2.45, 2.75) is 27.0 Å². The molecule has 0 atom stereocenters. The summed E-state index contributed by atoms with van der Waals surface area (Å²) in [5, 5.41) is 9.31. The number of fused-ring (bicyclic) bond motifs is 1. The molecule has 0 saturated carbocycles. The zero-order valence-electron chi connectivity index (χ0n) is 9.44. The number of nitrogens with zero attached hydrogens (tertiary/aromatic N) is 2. The van der Waals surface area contributed by atoms with E-state index in [9.17, 15) is 5.11 Å². The Balaban J connectivity index is 2.59. The predicted octanol–water partition coefficient (Wildman–Crippen LogP) is 2.95. The van der Waals surface area contributed by atoms with Gasteiger partial charge in [0.2, 0.25) is 0 Å². The molecule has 0 amide bonds. The molecular formula is C12H15BrN2O. The summed E-state index contributed by atoms with van der Waals surface area (Å²) in [6.07, 6.45) is 0. The lowest BCUT2D eigenvalue weighted by molar-refractivity contribution is 0.263. The Labute approximate surface area is 103 Å². The van der Waals surface area contributed by atoms with Crippen LogP contribution < -0.4 is 0 Å². The average molecular weight is 283 g/mol. The molecule has 2 aromatic rings. The maximum absolute atomic E-state index is 9.31. The highest BCUT2D eigenvalue weighted by Crippen LogP contribution is 2.22. The summed E-state index contributed by atoms with van der Waals surface area (Å²) < 4.78 is 3.10. The van der Waals surface area contributed by atoms with Crippen molar-refractivity contribution in [3.05, 3.63) is 28.5 Å². The Bertz CT molecular complexity index is 505. The van der Waals surface area contributed by atoms with Gasteiger partial charge in [-0.3, -0.25) is 0 Å². The van der Waals surface area contributed by atoms with E-state index in [-0.39, 0.29) is 6.61 Å². The summed E-state index contributed by atoms with van der Waals surface area (Å²) in [7, 11) is 0. The van der Waals surface area contributed by atoms with Crippen LogP contribution in [0, 0.1) is 5.92 Å². The molecule has 0 spiro atoms. The average Bonchev–Trinajstić information content (AvgIpc) is 2.55. The maximum atomic E-state index is 9.31. The molecule has 16 heavy (non-hydrogen) atoms. The van der Waals surface area contributed by atoms with Crippen LogP contribution in [0.3, 0.4) is 0 Å². The lowest BCUT2D eigenvalue weighted by Gasteiger charge is -2.10. The lowest BCUT2D eigenvalue weighted by atomic mass is 10.2. The van der Waals surface area contributed by atoms with E-state index in [1.54, 1.807) is 0 Å². The monoisotopic (exact) mass is 282 g/mol. The van der Waals surface area contributed by atoms with Gasteiger partial charge in [-0.05, 0) is 24.1 Å². The molecule has 0 aliphatic heterocycles. The molecule has 0 aliphatic rings. The number of imidazole rings is 1. The van der Waals surface area contributed by atoms with Gasteiger partial charge in [0.1, 0.15) is 12.4 Å². The third kappa shape index (κ3) is 2.13. The van der Waals surface area contributed by atoms with Gasteiger partial charge in [-0.2, -0.15) is 0 Å². The van der Waals surface area contributed by atoms with E-state index in [1.165, 1.54) is 0 Å². The van der Waals surface area contributed by atoms with Crippen molar-refractivity contribution in [1.82, 2.24) is 9.55 Å². The predicted molar refractivity (Wildman–Crippen MR) is 68.2 cm³/mol. The van der Waals surface area contributed by atoms with E-state index in [4.69, 9.17) is 0 Å². The zero-order chi connectivity index (χ0) is 11.7. The molecule has 0 fully saturated rings. The van der Waals surface area contributed by atoms with Gasteiger partial charge in [-0.15, -0.1) is 0 Å². The summed E-state index contributed by atoms with van der Waals surface area (Å²) in [6.45, 7) is 5.19. The number of hydrogen-bond acceptors (Lipinski definition) is 2. The number of hydrogen-bond donors (Lipinski definition) is 1. The quantitative estimate of drug-likeness (QED) is 0.940. The molecule has 1 N–H and O–H groups in total. The molecule has 0 unspecified atom stereocenters. The molecule has 1 aromatic heterocycles. The van der Waals surface area contributed by atoms with Gasteiger partial charge in [0, 0.05) is 11.0 Å². The first-order chi connectivity index (χ1) is 7.61. The fourth-order valence-electron chi connectivity index (χ4n) is 1.84. The van der Waals surface area contributed by atoms with Crippen LogP contribution in [0.4, 0.5) is 0 Å². The first-order valence-electron chi connectivity index (χ1n) is 5.37. The Kier molecular flexibility index (Phi) is 3.30. The molecule has 0 radical (unpaired) electrons. The smallest absolute Gasteiger partial charge is 0.135 e. The SMILES string of the molecule is CC(C)Cn1c(CO)nc2cc(Br)ccc21. The maximum Gasteiger partial charge on any atom is 0.135 e. The molecule has 0 aliphatic carbocycles. The highest BCUT2D eigenvalue weighted by molar-refractivity contribution is 9.10. The first-order valence-corrected chi connectivity index (χ1v) is 6.16. The number of rotatable bonds is 3. The molecular weight excluding hydrogens is 268 g/mol. The van der Waals surface area contributed by atoms with Crippen molar-refractivity contribution < 1.29 is 5.11 Å². The van der Waals surface area contributed by atoms with Crippen LogP contribution in [0.5, 0.6) is 0 Å². The molecule has 86 valence electrons. The third-order valence-electron chi connectivity index (χ3n) is 2.48. The van der Waals surface area contributed by atoms with Crippen LogP contribution in [0.15, 0.2) is 22.7 Å².